The van der Waals surface area contributed by atoms with Gasteiger partial charge in [-0.2, -0.15) is 0 Å². The molecule has 0 saturated heterocycles. The lowest BCUT2D eigenvalue weighted by Crippen LogP contribution is -2.30. The lowest BCUT2D eigenvalue weighted by Gasteiger charge is -2.10. The summed E-state index contributed by atoms with van der Waals surface area (Å²) in [5, 5.41) is 11.8. The second kappa shape index (κ2) is 4.96. The minimum absolute atomic E-state index is 0.00983. The minimum atomic E-state index is -0.0946. The molecule has 0 atom stereocenters. The van der Waals surface area contributed by atoms with Gasteiger partial charge in [0.2, 0.25) is 5.91 Å². The number of hydrogen-bond donors (Lipinski definition) is 2. The van der Waals surface area contributed by atoms with E-state index in [2.05, 4.69) is 5.32 Å². The first-order valence-corrected chi connectivity index (χ1v) is 4.90. The molecule has 0 bridgehead atoms. The van der Waals surface area contributed by atoms with E-state index in [1.165, 1.54) is 6.08 Å². The maximum Gasteiger partial charge on any atom is 0.243 e. The van der Waals surface area contributed by atoms with Crippen molar-refractivity contribution in [3.63, 3.8) is 0 Å². The molecule has 78 valence electrons. The van der Waals surface area contributed by atoms with Crippen LogP contribution in [-0.2, 0) is 4.79 Å². The fourth-order valence-corrected chi connectivity index (χ4v) is 1.16. The van der Waals surface area contributed by atoms with E-state index in [0.717, 1.165) is 12.8 Å². The number of carbonyl (C=O) groups excluding carboxylic acids is 1. The molecule has 1 fully saturated rings. The van der Waals surface area contributed by atoms with Crippen LogP contribution in [0.4, 0.5) is 0 Å². The second-order valence-electron chi connectivity index (χ2n) is 3.76. The van der Waals surface area contributed by atoms with Gasteiger partial charge in [-0.15, -0.1) is 0 Å². The van der Waals surface area contributed by atoms with Gasteiger partial charge < -0.3 is 10.4 Å². The van der Waals surface area contributed by atoms with Gasteiger partial charge in [-0.05, 0) is 19.8 Å². The summed E-state index contributed by atoms with van der Waals surface area (Å²) in [6.45, 7) is 2.65. The monoisotopic (exact) mass is 195 g/mol. The van der Waals surface area contributed by atoms with Crippen LogP contribution in [0.3, 0.4) is 0 Å². The van der Waals surface area contributed by atoms with Gasteiger partial charge in [0.1, 0.15) is 0 Å². The normalized spacial score (nSPS) is 19.0. The Balaban J connectivity index is 2.21. The molecule has 0 heterocycles. The summed E-state index contributed by atoms with van der Waals surface area (Å²) >= 11 is 0. The predicted octanol–water partition coefficient (Wildman–Crippen LogP) is 1.01. The van der Waals surface area contributed by atoms with Crippen LogP contribution in [0.1, 0.15) is 19.8 Å². The van der Waals surface area contributed by atoms with Crippen LogP contribution >= 0.6 is 0 Å². The molecule has 0 radical (unpaired) electrons. The number of nitrogens with one attached hydrogen (secondary N) is 1. The van der Waals surface area contributed by atoms with E-state index in [0.29, 0.717) is 6.54 Å². The maximum absolute atomic E-state index is 11.2. The quantitative estimate of drug-likeness (QED) is 0.508. The zero-order valence-corrected chi connectivity index (χ0v) is 8.49. The van der Waals surface area contributed by atoms with E-state index >= 15 is 0 Å². The van der Waals surface area contributed by atoms with Crippen LogP contribution in [0, 0.1) is 5.41 Å². The third kappa shape index (κ3) is 3.34. The lowest BCUT2D eigenvalue weighted by molar-refractivity contribution is -0.116. The van der Waals surface area contributed by atoms with Crippen LogP contribution in [0.15, 0.2) is 24.3 Å². The Kier molecular flexibility index (Phi) is 3.89. The summed E-state index contributed by atoms with van der Waals surface area (Å²) in [5.74, 6) is -0.0946. The smallest absolute Gasteiger partial charge is 0.243 e. The van der Waals surface area contributed by atoms with E-state index in [9.17, 15) is 4.79 Å². The summed E-state index contributed by atoms with van der Waals surface area (Å²) in [6.07, 6.45) is 8.89. The zero-order chi connectivity index (χ0) is 10.4. The van der Waals surface area contributed by atoms with E-state index in [1.807, 2.05) is 13.0 Å². The fraction of sp³-hybridized carbons (Fsp3) is 0.545. The van der Waals surface area contributed by atoms with Crippen molar-refractivity contribution in [1.82, 2.24) is 5.32 Å². The number of amides is 1. The molecule has 1 aliphatic carbocycles. The molecule has 1 rings (SSSR count). The molecule has 1 aliphatic rings. The molecule has 1 saturated carbocycles. The molecule has 0 unspecified atom stereocenters. The Morgan fingerprint density at radius 3 is 2.71 bits per heavy atom. The van der Waals surface area contributed by atoms with Gasteiger partial charge in [0.05, 0.1) is 6.61 Å². The third-order valence-electron chi connectivity index (χ3n) is 2.48. The number of carbonyl (C=O) groups is 1. The van der Waals surface area contributed by atoms with E-state index in [-0.39, 0.29) is 17.9 Å². The van der Waals surface area contributed by atoms with Gasteiger partial charge in [0.25, 0.3) is 0 Å². The molecular formula is C11H17NO2. The number of aliphatic hydroxyl groups is 1. The SMILES string of the molecule is CC=CC=CC(=O)NCC1(CO)CC1. The van der Waals surface area contributed by atoms with Crippen molar-refractivity contribution in [3.05, 3.63) is 24.3 Å². The zero-order valence-electron chi connectivity index (χ0n) is 8.49. The van der Waals surface area contributed by atoms with Crippen molar-refractivity contribution in [3.8, 4) is 0 Å². The van der Waals surface area contributed by atoms with Gasteiger partial charge in [-0.25, -0.2) is 0 Å². The summed E-state index contributed by atoms with van der Waals surface area (Å²) in [5.41, 5.74) is -0.00983. The van der Waals surface area contributed by atoms with Crippen LogP contribution in [-0.4, -0.2) is 24.2 Å². The average Bonchev–Trinajstić information content (AvgIpc) is 2.96. The first-order valence-electron chi connectivity index (χ1n) is 4.90. The summed E-state index contributed by atoms with van der Waals surface area (Å²) in [4.78, 5) is 11.2. The Bertz CT molecular complexity index is 252. The highest BCUT2D eigenvalue weighted by Crippen LogP contribution is 2.44. The Morgan fingerprint density at radius 1 is 1.50 bits per heavy atom. The average molecular weight is 195 g/mol. The molecule has 2 N–H and O–H groups in total. The molecule has 3 heteroatoms. The topological polar surface area (TPSA) is 49.3 Å². The number of hydrogen-bond acceptors (Lipinski definition) is 2. The standard InChI is InChI=1S/C11H17NO2/c1-2-3-4-5-10(14)12-8-11(9-13)6-7-11/h2-5,13H,6-9H2,1H3,(H,12,14). The van der Waals surface area contributed by atoms with Crippen LogP contribution in [0.2, 0.25) is 0 Å². The first kappa shape index (κ1) is 11.0. The predicted molar refractivity (Wildman–Crippen MR) is 55.7 cm³/mol. The summed E-state index contributed by atoms with van der Waals surface area (Å²) < 4.78 is 0. The molecule has 0 aromatic heterocycles. The second-order valence-corrected chi connectivity index (χ2v) is 3.76. The summed E-state index contributed by atoms with van der Waals surface area (Å²) in [7, 11) is 0. The van der Waals surface area contributed by atoms with Crippen LogP contribution in [0.25, 0.3) is 0 Å². The molecule has 3 nitrogen and oxygen atoms in total. The van der Waals surface area contributed by atoms with Crippen molar-refractivity contribution in [2.45, 2.75) is 19.8 Å². The Labute approximate surface area is 84.5 Å². The Morgan fingerprint density at radius 2 is 2.21 bits per heavy atom. The summed E-state index contributed by atoms with van der Waals surface area (Å²) in [6, 6.07) is 0. The lowest BCUT2D eigenvalue weighted by atomic mass is 10.1. The third-order valence-corrected chi connectivity index (χ3v) is 2.48. The van der Waals surface area contributed by atoms with E-state index in [4.69, 9.17) is 5.11 Å². The number of allylic oxidation sites excluding steroid dienone is 3. The molecular weight excluding hydrogens is 178 g/mol. The number of rotatable bonds is 5. The molecule has 0 aromatic rings. The highest BCUT2D eigenvalue weighted by atomic mass is 16.3. The van der Waals surface area contributed by atoms with Gasteiger partial charge >= 0.3 is 0 Å². The first-order chi connectivity index (χ1) is 6.72. The van der Waals surface area contributed by atoms with Crippen molar-refractivity contribution >= 4 is 5.91 Å². The van der Waals surface area contributed by atoms with Crippen molar-refractivity contribution in [1.29, 1.82) is 0 Å². The van der Waals surface area contributed by atoms with Crippen molar-refractivity contribution in [2.75, 3.05) is 13.2 Å². The van der Waals surface area contributed by atoms with Gasteiger partial charge in [0, 0.05) is 18.0 Å². The van der Waals surface area contributed by atoms with Gasteiger partial charge in [-0.3, -0.25) is 4.79 Å². The van der Waals surface area contributed by atoms with E-state index < -0.39 is 0 Å². The van der Waals surface area contributed by atoms with Crippen LogP contribution < -0.4 is 5.32 Å². The van der Waals surface area contributed by atoms with Gasteiger partial charge in [0.15, 0.2) is 0 Å². The number of aliphatic hydroxyl groups excluding tert-OH is 1. The molecule has 0 aliphatic heterocycles. The van der Waals surface area contributed by atoms with Crippen molar-refractivity contribution in [2.24, 2.45) is 5.41 Å². The Hall–Kier alpha value is -1.09. The van der Waals surface area contributed by atoms with E-state index in [1.54, 1.807) is 12.2 Å². The fourth-order valence-electron chi connectivity index (χ4n) is 1.16. The molecule has 1 amide bonds. The largest absolute Gasteiger partial charge is 0.396 e. The van der Waals surface area contributed by atoms with Crippen molar-refractivity contribution < 1.29 is 9.90 Å². The molecule has 0 aromatic carbocycles. The molecule has 0 spiro atoms. The molecule has 14 heavy (non-hydrogen) atoms. The highest BCUT2D eigenvalue weighted by molar-refractivity contribution is 5.87. The van der Waals surface area contributed by atoms with Crippen LogP contribution in [0.5, 0.6) is 0 Å². The highest BCUT2D eigenvalue weighted by Gasteiger charge is 2.41. The van der Waals surface area contributed by atoms with Gasteiger partial charge in [-0.1, -0.05) is 18.2 Å². The minimum Gasteiger partial charge on any atom is -0.396 e. The maximum atomic E-state index is 11.2.